The summed E-state index contributed by atoms with van der Waals surface area (Å²) in [6, 6.07) is 9.49. The zero-order valence-electron chi connectivity index (χ0n) is 12.3. The number of hydrogen-bond donors (Lipinski definition) is 1. The zero-order valence-corrected chi connectivity index (χ0v) is 13.9. The zero-order chi connectivity index (χ0) is 16.9. The Kier molecular flexibility index (Phi) is 5.07. The van der Waals surface area contributed by atoms with E-state index in [1.54, 1.807) is 24.3 Å². The number of aromatic nitrogens is 1. The molecular weight excluding hydrogens is 383 g/mol. The first kappa shape index (κ1) is 16.4. The number of nitrogens with zero attached hydrogens (tertiary/aromatic N) is 1. The van der Waals surface area contributed by atoms with Crippen molar-refractivity contribution in [2.75, 3.05) is 11.9 Å². The first-order valence-electron chi connectivity index (χ1n) is 6.94. The van der Waals surface area contributed by atoms with Crippen LogP contribution in [0, 0.1) is 5.82 Å². The van der Waals surface area contributed by atoms with E-state index in [0.717, 1.165) is 0 Å². The molecule has 2 heterocycles. The molecule has 0 aliphatic heterocycles. The van der Waals surface area contributed by atoms with Crippen molar-refractivity contribution in [3.63, 3.8) is 0 Å². The first-order valence-corrected chi connectivity index (χ1v) is 7.73. The number of amides is 1. The van der Waals surface area contributed by atoms with E-state index in [4.69, 9.17) is 13.7 Å². The summed E-state index contributed by atoms with van der Waals surface area (Å²) in [6.45, 7) is -0.154. The Morgan fingerprint density at radius 3 is 2.92 bits per heavy atom. The predicted octanol–water partition coefficient (Wildman–Crippen LogP) is 3.99. The molecule has 0 fully saturated rings. The van der Waals surface area contributed by atoms with Crippen LogP contribution in [0.25, 0.3) is 11.5 Å². The fraction of sp³-hybridized carbons (Fsp3) is 0.125. The molecule has 0 unspecified atom stereocenters. The Balaban J connectivity index is 1.48. The highest BCUT2D eigenvalue weighted by Crippen LogP contribution is 2.21. The van der Waals surface area contributed by atoms with Gasteiger partial charge in [-0.1, -0.05) is 21.1 Å². The molecule has 0 saturated carbocycles. The molecule has 1 aromatic carbocycles. The minimum absolute atomic E-state index is 0.0838. The van der Waals surface area contributed by atoms with E-state index < -0.39 is 11.7 Å². The highest BCUT2D eigenvalue weighted by molar-refractivity contribution is 9.10. The lowest BCUT2D eigenvalue weighted by atomic mass is 10.3. The van der Waals surface area contributed by atoms with Crippen LogP contribution in [0.5, 0.6) is 0 Å². The van der Waals surface area contributed by atoms with Gasteiger partial charge in [0, 0.05) is 10.5 Å². The summed E-state index contributed by atoms with van der Waals surface area (Å²) in [5.41, 5.74) is 0.609. The minimum Gasteiger partial charge on any atom is -0.461 e. The van der Waals surface area contributed by atoms with Gasteiger partial charge in [0.1, 0.15) is 18.1 Å². The molecule has 1 amide bonds. The van der Waals surface area contributed by atoms with Crippen LogP contribution < -0.4 is 5.32 Å². The standard InChI is InChI=1S/C16H12BrFN2O4/c17-10-3-4-13(12(18)6-10)19-16(21)9-22-8-11-7-15(24-20-11)14-2-1-5-23-14/h1-7H,8-9H2,(H,19,21). The lowest BCUT2D eigenvalue weighted by molar-refractivity contribution is -0.121. The average Bonchev–Trinajstić information content (AvgIpc) is 3.21. The summed E-state index contributed by atoms with van der Waals surface area (Å²) >= 11 is 3.15. The van der Waals surface area contributed by atoms with Crippen molar-refractivity contribution in [1.82, 2.24) is 5.16 Å². The third kappa shape index (κ3) is 4.09. The average molecular weight is 395 g/mol. The highest BCUT2D eigenvalue weighted by Gasteiger charge is 2.11. The number of ether oxygens (including phenoxy) is 1. The van der Waals surface area contributed by atoms with Gasteiger partial charge >= 0.3 is 0 Å². The molecule has 1 N–H and O–H groups in total. The molecule has 6 nitrogen and oxygen atoms in total. The van der Waals surface area contributed by atoms with Crippen molar-refractivity contribution in [2.24, 2.45) is 0 Å². The summed E-state index contributed by atoms with van der Waals surface area (Å²) in [5.74, 6) is 0.0282. The van der Waals surface area contributed by atoms with Crippen LogP contribution in [-0.2, 0) is 16.1 Å². The molecule has 0 aliphatic rings. The third-order valence-electron chi connectivity index (χ3n) is 3.01. The molecule has 2 aromatic heterocycles. The van der Waals surface area contributed by atoms with Gasteiger partial charge in [-0.3, -0.25) is 4.79 Å². The van der Waals surface area contributed by atoms with E-state index >= 15 is 0 Å². The second kappa shape index (κ2) is 7.41. The van der Waals surface area contributed by atoms with Gasteiger partial charge in [-0.2, -0.15) is 0 Å². The van der Waals surface area contributed by atoms with Crippen LogP contribution in [0.2, 0.25) is 0 Å². The van der Waals surface area contributed by atoms with Gasteiger partial charge in [-0.25, -0.2) is 4.39 Å². The topological polar surface area (TPSA) is 77.5 Å². The molecule has 3 rings (SSSR count). The molecule has 0 atom stereocenters. The van der Waals surface area contributed by atoms with Gasteiger partial charge in [0.2, 0.25) is 11.7 Å². The molecule has 24 heavy (non-hydrogen) atoms. The Morgan fingerprint density at radius 1 is 1.29 bits per heavy atom. The fourth-order valence-corrected chi connectivity index (χ4v) is 2.27. The van der Waals surface area contributed by atoms with E-state index in [-0.39, 0.29) is 18.9 Å². The number of carbonyl (C=O) groups excluding carboxylic acids is 1. The summed E-state index contributed by atoms with van der Waals surface area (Å²) in [5, 5.41) is 6.25. The summed E-state index contributed by atoms with van der Waals surface area (Å²) < 4.78 is 29.8. The maximum Gasteiger partial charge on any atom is 0.250 e. The normalized spacial score (nSPS) is 10.8. The molecule has 124 valence electrons. The van der Waals surface area contributed by atoms with E-state index in [1.807, 2.05) is 0 Å². The monoisotopic (exact) mass is 394 g/mol. The number of halogens is 2. The van der Waals surface area contributed by atoms with Gasteiger partial charge in [-0.15, -0.1) is 0 Å². The summed E-state index contributed by atoms with van der Waals surface area (Å²) in [7, 11) is 0. The Labute approximate surface area is 144 Å². The maximum atomic E-state index is 13.6. The lowest BCUT2D eigenvalue weighted by Gasteiger charge is -2.06. The van der Waals surface area contributed by atoms with E-state index in [0.29, 0.717) is 21.7 Å². The smallest absolute Gasteiger partial charge is 0.250 e. The van der Waals surface area contributed by atoms with Crippen LogP contribution >= 0.6 is 15.9 Å². The van der Waals surface area contributed by atoms with E-state index in [2.05, 4.69) is 26.4 Å². The van der Waals surface area contributed by atoms with Crippen LogP contribution in [0.15, 0.2) is 56.1 Å². The van der Waals surface area contributed by atoms with Crippen molar-refractivity contribution < 1.29 is 22.9 Å². The van der Waals surface area contributed by atoms with Crippen molar-refractivity contribution in [3.8, 4) is 11.5 Å². The Hall–Kier alpha value is -2.45. The summed E-state index contributed by atoms with van der Waals surface area (Å²) in [6.07, 6.45) is 1.53. The molecule has 8 heteroatoms. The number of anilines is 1. The minimum atomic E-state index is -0.530. The van der Waals surface area contributed by atoms with E-state index in [1.165, 1.54) is 18.4 Å². The van der Waals surface area contributed by atoms with Crippen LogP contribution in [0.1, 0.15) is 5.69 Å². The van der Waals surface area contributed by atoms with Crippen molar-refractivity contribution >= 4 is 27.5 Å². The molecule has 0 aliphatic carbocycles. The highest BCUT2D eigenvalue weighted by atomic mass is 79.9. The predicted molar refractivity (Wildman–Crippen MR) is 86.6 cm³/mol. The molecule has 0 bridgehead atoms. The van der Waals surface area contributed by atoms with Gasteiger partial charge in [0.15, 0.2) is 5.76 Å². The Morgan fingerprint density at radius 2 is 2.17 bits per heavy atom. The van der Waals surface area contributed by atoms with Gasteiger partial charge in [-0.05, 0) is 30.3 Å². The molecule has 0 radical (unpaired) electrons. The number of benzene rings is 1. The molecule has 0 spiro atoms. The SMILES string of the molecule is O=C(COCc1cc(-c2ccco2)on1)Nc1ccc(Br)cc1F. The number of nitrogens with one attached hydrogen (secondary N) is 1. The quantitative estimate of drug-likeness (QED) is 0.683. The first-order chi connectivity index (χ1) is 11.6. The molecule has 0 saturated heterocycles. The third-order valence-corrected chi connectivity index (χ3v) is 3.50. The second-order valence-corrected chi connectivity index (χ2v) is 5.74. The molecule has 3 aromatic rings. The van der Waals surface area contributed by atoms with Gasteiger partial charge in [0.25, 0.3) is 0 Å². The second-order valence-electron chi connectivity index (χ2n) is 4.82. The van der Waals surface area contributed by atoms with Crippen LogP contribution in [0.3, 0.4) is 0 Å². The van der Waals surface area contributed by atoms with Crippen LogP contribution in [-0.4, -0.2) is 17.7 Å². The van der Waals surface area contributed by atoms with Crippen molar-refractivity contribution in [2.45, 2.75) is 6.61 Å². The fourth-order valence-electron chi connectivity index (χ4n) is 1.94. The number of carbonyl (C=O) groups is 1. The maximum absolute atomic E-state index is 13.6. The summed E-state index contributed by atoms with van der Waals surface area (Å²) in [4.78, 5) is 11.8. The Bertz CT molecular complexity index is 832. The largest absolute Gasteiger partial charge is 0.461 e. The number of furan rings is 1. The van der Waals surface area contributed by atoms with Crippen LogP contribution in [0.4, 0.5) is 10.1 Å². The number of hydrogen-bond acceptors (Lipinski definition) is 5. The lowest BCUT2D eigenvalue weighted by Crippen LogP contribution is -2.19. The van der Waals surface area contributed by atoms with Crippen molar-refractivity contribution in [3.05, 3.63) is 58.6 Å². The van der Waals surface area contributed by atoms with Crippen molar-refractivity contribution in [1.29, 1.82) is 0 Å². The van der Waals surface area contributed by atoms with Gasteiger partial charge in [0.05, 0.1) is 18.6 Å². The van der Waals surface area contributed by atoms with Gasteiger partial charge < -0.3 is 19.0 Å². The number of rotatable bonds is 6. The molecular formula is C16H12BrFN2O4. The van der Waals surface area contributed by atoms with E-state index in [9.17, 15) is 9.18 Å².